The molecule has 0 saturated heterocycles. The highest BCUT2D eigenvalue weighted by Gasteiger charge is 2.23. The molecular weight excluding hydrogens is 256 g/mol. The van der Waals surface area contributed by atoms with Gasteiger partial charge < -0.3 is 4.84 Å². The van der Waals surface area contributed by atoms with Crippen LogP contribution in [-0.2, 0) is 4.84 Å². The Labute approximate surface area is 119 Å². The Kier molecular flexibility index (Phi) is 7.35. The number of amides is 2. The van der Waals surface area contributed by atoms with E-state index in [2.05, 4.69) is 11.8 Å². The predicted molar refractivity (Wildman–Crippen MR) is 76.9 cm³/mol. The standard InChI is InChI=1S/C15H22N2O3/c1-2-3-4-5-9-12-17(15(19)20-16)14(18)13-10-7-6-8-11-13/h6-8,10-11H,2-5,9,12,16H2,1H3. The Bertz CT molecular complexity index is 420. The number of nitrogens with two attached hydrogens (primary N) is 1. The molecule has 0 atom stereocenters. The molecule has 0 aliphatic rings. The highest BCUT2D eigenvalue weighted by molar-refractivity contribution is 6.02. The van der Waals surface area contributed by atoms with Gasteiger partial charge in [0.15, 0.2) is 0 Å². The number of carbonyl (C=O) groups excluding carboxylic acids is 2. The minimum absolute atomic E-state index is 0.327. The summed E-state index contributed by atoms with van der Waals surface area (Å²) in [6, 6.07) is 8.64. The van der Waals surface area contributed by atoms with Crippen LogP contribution < -0.4 is 5.90 Å². The molecule has 0 saturated carbocycles. The molecule has 5 nitrogen and oxygen atoms in total. The topological polar surface area (TPSA) is 72.6 Å². The smallest absolute Gasteiger partial charge is 0.356 e. The van der Waals surface area contributed by atoms with E-state index in [4.69, 9.17) is 5.90 Å². The quantitative estimate of drug-likeness (QED) is 0.614. The number of hydrogen-bond donors (Lipinski definition) is 1. The summed E-state index contributed by atoms with van der Waals surface area (Å²) in [4.78, 5) is 29.1. The first-order valence-electron chi connectivity index (χ1n) is 6.98. The van der Waals surface area contributed by atoms with Gasteiger partial charge in [0.05, 0.1) is 0 Å². The van der Waals surface area contributed by atoms with Crippen molar-refractivity contribution in [2.24, 2.45) is 5.90 Å². The second kappa shape index (κ2) is 9.09. The summed E-state index contributed by atoms with van der Waals surface area (Å²) in [5.41, 5.74) is 0.450. The zero-order valence-corrected chi connectivity index (χ0v) is 11.9. The Hall–Kier alpha value is -1.88. The minimum Gasteiger partial charge on any atom is -0.356 e. The summed E-state index contributed by atoms with van der Waals surface area (Å²) in [6.45, 7) is 2.46. The van der Waals surface area contributed by atoms with Crippen molar-refractivity contribution in [1.82, 2.24) is 4.90 Å². The van der Waals surface area contributed by atoms with E-state index >= 15 is 0 Å². The van der Waals surface area contributed by atoms with Gasteiger partial charge in [-0.3, -0.25) is 4.79 Å². The van der Waals surface area contributed by atoms with Gasteiger partial charge >= 0.3 is 6.09 Å². The number of nitrogens with zero attached hydrogens (tertiary/aromatic N) is 1. The zero-order chi connectivity index (χ0) is 14.8. The Morgan fingerprint density at radius 3 is 2.35 bits per heavy atom. The summed E-state index contributed by atoms with van der Waals surface area (Å²) in [5, 5.41) is 0. The fourth-order valence-corrected chi connectivity index (χ4v) is 1.95. The third kappa shape index (κ3) is 5.01. The number of unbranched alkanes of at least 4 members (excludes halogenated alkanes) is 4. The van der Waals surface area contributed by atoms with Crippen molar-refractivity contribution in [3.8, 4) is 0 Å². The molecule has 0 spiro atoms. The molecule has 0 fully saturated rings. The van der Waals surface area contributed by atoms with Gasteiger partial charge in [-0.15, -0.1) is 0 Å². The molecule has 0 aliphatic carbocycles. The Balaban J connectivity index is 2.60. The van der Waals surface area contributed by atoms with Crippen molar-refractivity contribution in [3.63, 3.8) is 0 Å². The molecular formula is C15H22N2O3. The Morgan fingerprint density at radius 2 is 1.75 bits per heavy atom. The molecule has 2 N–H and O–H groups in total. The SMILES string of the molecule is CCCCCCCN(C(=O)ON)C(=O)c1ccccc1. The maximum Gasteiger partial charge on any atom is 0.435 e. The maximum absolute atomic E-state index is 12.2. The largest absolute Gasteiger partial charge is 0.435 e. The van der Waals surface area contributed by atoms with Crippen molar-refractivity contribution >= 4 is 12.0 Å². The summed E-state index contributed by atoms with van der Waals surface area (Å²) in [7, 11) is 0. The Morgan fingerprint density at radius 1 is 1.10 bits per heavy atom. The van der Waals surface area contributed by atoms with E-state index in [-0.39, 0.29) is 5.91 Å². The molecule has 1 aromatic rings. The van der Waals surface area contributed by atoms with Crippen molar-refractivity contribution < 1.29 is 14.4 Å². The molecule has 0 aliphatic heterocycles. The molecule has 20 heavy (non-hydrogen) atoms. The normalized spacial score (nSPS) is 10.1. The van der Waals surface area contributed by atoms with E-state index in [1.165, 1.54) is 0 Å². The lowest BCUT2D eigenvalue weighted by atomic mass is 10.1. The van der Waals surface area contributed by atoms with E-state index in [0.29, 0.717) is 12.1 Å². The minimum atomic E-state index is -0.811. The van der Waals surface area contributed by atoms with E-state index in [9.17, 15) is 9.59 Å². The molecule has 1 rings (SSSR count). The van der Waals surface area contributed by atoms with Gasteiger partial charge in [0.2, 0.25) is 0 Å². The maximum atomic E-state index is 12.2. The second-order valence-electron chi connectivity index (χ2n) is 4.62. The van der Waals surface area contributed by atoms with Crippen molar-refractivity contribution in [1.29, 1.82) is 0 Å². The summed E-state index contributed by atoms with van der Waals surface area (Å²) in [5.74, 6) is 4.52. The average molecular weight is 278 g/mol. The van der Waals surface area contributed by atoms with Gasteiger partial charge in [0, 0.05) is 12.1 Å². The lowest BCUT2D eigenvalue weighted by Crippen LogP contribution is -2.39. The van der Waals surface area contributed by atoms with E-state index in [1.54, 1.807) is 24.3 Å². The van der Waals surface area contributed by atoms with Crippen LogP contribution in [0.2, 0.25) is 0 Å². The van der Waals surface area contributed by atoms with Crippen molar-refractivity contribution in [2.75, 3.05) is 6.54 Å². The number of carbonyl (C=O) groups is 2. The monoisotopic (exact) mass is 278 g/mol. The molecule has 1 aromatic carbocycles. The molecule has 2 amide bonds. The van der Waals surface area contributed by atoms with Gasteiger partial charge in [0.25, 0.3) is 5.91 Å². The van der Waals surface area contributed by atoms with E-state index in [0.717, 1.165) is 37.0 Å². The summed E-state index contributed by atoms with van der Waals surface area (Å²) >= 11 is 0. The van der Waals surface area contributed by atoms with Crippen molar-refractivity contribution in [3.05, 3.63) is 35.9 Å². The van der Waals surface area contributed by atoms with Crippen LogP contribution in [0.15, 0.2) is 30.3 Å². The third-order valence-corrected chi connectivity index (χ3v) is 3.07. The highest BCUT2D eigenvalue weighted by Crippen LogP contribution is 2.09. The summed E-state index contributed by atoms with van der Waals surface area (Å²) < 4.78 is 0. The van der Waals surface area contributed by atoms with E-state index < -0.39 is 6.09 Å². The molecule has 5 heteroatoms. The molecule has 0 bridgehead atoms. The molecule has 0 radical (unpaired) electrons. The van der Waals surface area contributed by atoms with E-state index in [1.807, 2.05) is 6.07 Å². The van der Waals surface area contributed by atoms with Crippen LogP contribution in [-0.4, -0.2) is 23.4 Å². The number of hydrogen-bond acceptors (Lipinski definition) is 4. The first-order chi connectivity index (χ1) is 9.70. The van der Waals surface area contributed by atoms with Crippen molar-refractivity contribution in [2.45, 2.75) is 39.0 Å². The van der Waals surface area contributed by atoms with Crippen LogP contribution in [0.5, 0.6) is 0 Å². The fraction of sp³-hybridized carbons (Fsp3) is 0.467. The van der Waals surface area contributed by atoms with Gasteiger partial charge in [-0.1, -0.05) is 50.8 Å². The van der Waals surface area contributed by atoms with Gasteiger partial charge in [-0.2, -0.15) is 5.90 Å². The van der Waals surface area contributed by atoms with Crippen LogP contribution in [0, 0.1) is 0 Å². The van der Waals surface area contributed by atoms with Crippen LogP contribution >= 0.6 is 0 Å². The van der Waals surface area contributed by atoms with Crippen LogP contribution in [0.3, 0.4) is 0 Å². The van der Waals surface area contributed by atoms with Gasteiger partial charge in [-0.05, 0) is 18.6 Å². The van der Waals surface area contributed by atoms with Crippen LogP contribution in [0.1, 0.15) is 49.4 Å². The van der Waals surface area contributed by atoms with Crippen LogP contribution in [0.4, 0.5) is 4.79 Å². The molecule has 0 aromatic heterocycles. The molecule has 0 unspecified atom stereocenters. The predicted octanol–water partition coefficient (Wildman–Crippen LogP) is 3.11. The fourth-order valence-electron chi connectivity index (χ4n) is 1.95. The summed E-state index contributed by atoms with van der Waals surface area (Å²) in [6.07, 6.45) is 4.33. The third-order valence-electron chi connectivity index (χ3n) is 3.07. The lowest BCUT2D eigenvalue weighted by Gasteiger charge is -2.18. The van der Waals surface area contributed by atoms with Gasteiger partial charge in [-0.25, -0.2) is 9.69 Å². The molecule has 0 heterocycles. The first-order valence-corrected chi connectivity index (χ1v) is 6.98. The first kappa shape index (κ1) is 16.2. The number of imide groups is 1. The van der Waals surface area contributed by atoms with Gasteiger partial charge in [0.1, 0.15) is 0 Å². The second-order valence-corrected chi connectivity index (χ2v) is 4.62. The van der Waals surface area contributed by atoms with Crippen LogP contribution in [0.25, 0.3) is 0 Å². The molecule has 110 valence electrons. The lowest BCUT2D eigenvalue weighted by molar-refractivity contribution is 0.0656. The average Bonchev–Trinajstić information content (AvgIpc) is 2.50. The number of benzene rings is 1. The zero-order valence-electron chi connectivity index (χ0n) is 11.9. The highest BCUT2D eigenvalue weighted by atomic mass is 16.7. The number of rotatable bonds is 7.